The molecule has 25 heavy (non-hydrogen) atoms. The summed E-state index contributed by atoms with van der Waals surface area (Å²) >= 11 is 6.31. The number of carbonyl (C=O) groups is 1. The molecule has 5 heteroatoms. The van der Waals surface area contributed by atoms with E-state index in [0.29, 0.717) is 23.8 Å². The van der Waals surface area contributed by atoms with Crippen molar-refractivity contribution in [3.8, 4) is 0 Å². The number of aryl methyl sites for hydroxylation is 1. The summed E-state index contributed by atoms with van der Waals surface area (Å²) in [6, 6.07) is 11.5. The quantitative estimate of drug-likeness (QED) is 0.592. The maximum absolute atomic E-state index is 12.6. The first-order valence-electron chi connectivity index (χ1n) is 8.71. The van der Waals surface area contributed by atoms with Crippen molar-refractivity contribution in [2.75, 3.05) is 6.54 Å². The van der Waals surface area contributed by atoms with E-state index in [1.165, 1.54) is 0 Å². The second-order valence-electron chi connectivity index (χ2n) is 6.28. The van der Waals surface area contributed by atoms with Gasteiger partial charge in [0, 0.05) is 30.2 Å². The van der Waals surface area contributed by atoms with Crippen molar-refractivity contribution in [3.63, 3.8) is 0 Å². The van der Waals surface area contributed by atoms with Crippen LogP contribution in [0.25, 0.3) is 11.1 Å². The van der Waals surface area contributed by atoms with Crippen LogP contribution in [-0.2, 0) is 6.54 Å². The predicted octanol–water partition coefficient (Wildman–Crippen LogP) is 5.16. The minimum Gasteiger partial charge on any atom is -0.460 e. The van der Waals surface area contributed by atoms with Gasteiger partial charge in [0.2, 0.25) is 0 Å². The highest BCUT2D eigenvalue weighted by Gasteiger charge is 2.19. The fraction of sp³-hybridized carbons (Fsp3) is 0.350. The molecule has 132 valence electrons. The Morgan fingerprint density at radius 3 is 2.80 bits per heavy atom. The molecule has 0 aliphatic heterocycles. The lowest BCUT2D eigenvalue weighted by Gasteiger charge is -2.11. The Hall–Kier alpha value is -2.20. The molecule has 0 aliphatic rings. The number of hydrogen-bond acceptors (Lipinski definition) is 2. The van der Waals surface area contributed by atoms with Gasteiger partial charge in [0.1, 0.15) is 11.5 Å². The monoisotopic (exact) mass is 358 g/mol. The van der Waals surface area contributed by atoms with Gasteiger partial charge >= 0.3 is 0 Å². The summed E-state index contributed by atoms with van der Waals surface area (Å²) in [7, 11) is 0. The normalized spacial score (nSPS) is 11.2. The number of fused-ring (bicyclic) bond motifs is 1. The molecule has 0 unspecified atom stereocenters. The first kappa shape index (κ1) is 17.6. The summed E-state index contributed by atoms with van der Waals surface area (Å²) in [6.45, 7) is 5.27. The van der Waals surface area contributed by atoms with Gasteiger partial charge in [-0.25, -0.2) is 0 Å². The molecule has 0 atom stereocenters. The number of hydrogen-bond donors (Lipinski definition) is 1. The van der Waals surface area contributed by atoms with E-state index in [0.717, 1.165) is 41.7 Å². The van der Waals surface area contributed by atoms with Gasteiger partial charge in [-0.3, -0.25) is 4.79 Å². The van der Waals surface area contributed by atoms with Gasteiger partial charge in [0.05, 0.1) is 5.52 Å². The number of nitrogens with zero attached hydrogens (tertiary/aromatic N) is 1. The minimum absolute atomic E-state index is 0.0767. The fourth-order valence-corrected chi connectivity index (χ4v) is 3.18. The van der Waals surface area contributed by atoms with Crippen LogP contribution in [0.3, 0.4) is 0 Å². The van der Waals surface area contributed by atoms with Gasteiger partial charge < -0.3 is 14.3 Å². The molecule has 0 aliphatic carbocycles. The number of nitrogens with one attached hydrogen (secondary N) is 1. The van der Waals surface area contributed by atoms with Gasteiger partial charge in [-0.05, 0) is 25.0 Å². The van der Waals surface area contributed by atoms with E-state index in [2.05, 4.69) is 12.2 Å². The van der Waals surface area contributed by atoms with Crippen LogP contribution in [0, 0.1) is 6.92 Å². The average molecular weight is 359 g/mol. The van der Waals surface area contributed by atoms with Crippen molar-refractivity contribution in [2.45, 2.75) is 39.7 Å². The number of amides is 1. The Morgan fingerprint density at radius 2 is 2.04 bits per heavy atom. The van der Waals surface area contributed by atoms with Crippen LogP contribution in [0.1, 0.15) is 48.0 Å². The van der Waals surface area contributed by atoms with E-state index in [1.807, 2.05) is 47.9 Å². The van der Waals surface area contributed by atoms with Crippen molar-refractivity contribution in [2.24, 2.45) is 0 Å². The van der Waals surface area contributed by atoms with Crippen LogP contribution in [0.5, 0.6) is 0 Å². The lowest BCUT2D eigenvalue weighted by Crippen LogP contribution is -2.27. The number of halogens is 1. The van der Waals surface area contributed by atoms with Gasteiger partial charge in [0.15, 0.2) is 5.58 Å². The molecule has 2 heterocycles. The predicted molar refractivity (Wildman–Crippen MR) is 101 cm³/mol. The SMILES string of the molecule is CCCCCNC(=O)c1cc2oc(C)cc2n1Cc1ccccc1Cl. The third kappa shape index (κ3) is 3.90. The zero-order valence-electron chi connectivity index (χ0n) is 14.6. The topological polar surface area (TPSA) is 47.2 Å². The average Bonchev–Trinajstić information content (AvgIpc) is 3.11. The van der Waals surface area contributed by atoms with E-state index < -0.39 is 0 Å². The van der Waals surface area contributed by atoms with Crippen LogP contribution in [0.2, 0.25) is 5.02 Å². The zero-order valence-corrected chi connectivity index (χ0v) is 15.4. The Balaban J connectivity index is 1.91. The van der Waals surface area contributed by atoms with E-state index in [1.54, 1.807) is 0 Å². The molecule has 0 bridgehead atoms. The van der Waals surface area contributed by atoms with Crippen LogP contribution in [-0.4, -0.2) is 17.0 Å². The number of rotatable bonds is 7. The largest absolute Gasteiger partial charge is 0.460 e. The van der Waals surface area contributed by atoms with Crippen molar-refractivity contribution in [3.05, 3.63) is 58.4 Å². The second kappa shape index (κ2) is 7.79. The lowest BCUT2D eigenvalue weighted by atomic mass is 10.2. The highest BCUT2D eigenvalue weighted by molar-refractivity contribution is 6.31. The van der Waals surface area contributed by atoms with Crippen molar-refractivity contribution in [1.29, 1.82) is 0 Å². The minimum atomic E-state index is -0.0767. The molecule has 0 radical (unpaired) electrons. The summed E-state index contributed by atoms with van der Waals surface area (Å²) < 4.78 is 7.69. The smallest absolute Gasteiger partial charge is 0.268 e. The molecule has 0 saturated heterocycles. The first-order chi connectivity index (χ1) is 12.1. The van der Waals surface area contributed by atoms with Crippen LogP contribution >= 0.6 is 11.6 Å². The Bertz CT molecular complexity index is 879. The van der Waals surface area contributed by atoms with E-state index in [4.69, 9.17) is 16.0 Å². The standard InChI is InChI=1S/C20H23ClN2O2/c1-3-4-7-10-22-20(24)18-12-19-17(11-14(2)25-19)23(18)13-15-8-5-6-9-16(15)21/h5-6,8-9,11-12H,3-4,7,10,13H2,1-2H3,(H,22,24). The summed E-state index contributed by atoms with van der Waals surface area (Å²) in [5, 5.41) is 3.70. The molecule has 2 aromatic heterocycles. The summed E-state index contributed by atoms with van der Waals surface area (Å²) in [6.07, 6.45) is 3.23. The molecule has 4 nitrogen and oxygen atoms in total. The highest BCUT2D eigenvalue weighted by atomic mass is 35.5. The zero-order chi connectivity index (χ0) is 17.8. The van der Waals surface area contributed by atoms with Crippen molar-refractivity contribution >= 4 is 28.6 Å². The van der Waals surface area contributed by atoms with Gasteiger partial charge in [-0.2, -0.15) is 0 Å². The molecular formula is C20H23ClN2O2. The Morgan fingerprint density at radius 1 is 1.24 bits per heavy atom. The maximum atomic E-state index is 12.6. The van der Waals surface area contributed by atoms with Crippen molar-refractivity contribution < 1.29 is 9.21 Å². The Kier molecular flexibility index (Phi) is 5.49. The molecule has 3 rings (SSSR count). The first-order valence-corrected chi connectivity index (χ1v) is 9.09. The number of aromatic nitrogens is 1. The molecule has 1 amide bonds. The van der Waals surface area contributed by atoms with E-state index in [-0.39, 0.29) is 5.91 Å². The third-order valence-electron chi connectivity index (χ3n) is 4.30. The molecule has 3 aromatic rings. The summed E-state index contributed by atoms with van der Waals surface area (Å²) in [5.41, 5.74) is 3.21. The van der Waals surface area contributed by atoms with Gasteiger partial charge in [-0.1, -0.05) is 49.6 Å². The molecule has 0 fully saturated rings. The fourth-order valence-electron chi connectivity index (χ4n) is 2.99. The molecule has 1 N–H and O–H groups in total. The van der Waals surface area contributed by atoms with Crippen LogP contribution < -0.4 is 5.32 Å². The number of benzene rings is 1. The number of unbranched alkanes of at least 4 members (excludes halogenated alkanes) is 2. The third-order valence-corrected chi connectivity index (χ3v) is 4.67. The van der Waals surface area contributed by atoms with Crippen molar-refractivity contribution in [1.82, 2.24) is 9.88 Å². The molecule has 1 aromatic carbocycles. The highest BCUT2D eigenvalue weighted by Crippen LogP contribution is 2.26. The summed E-state index contributed by atoms with van der Waals surface area (Å²) in [5.74, 6) is 0.750. The summed E-state index contributed by atoms with van der Waals surface area (Å²) in [4.78, 5) is 12.6. The number of carbonyl (C=O) groups excluding carboxylic acids is 1. The molecular weight excluding hydrogens is 336 g/mol. The van der Waals surface area contributed by atoms with Gasteiger partial charge in [0.25, 0.3) is 5.91 Å². The van der Waals surface area contributed by atoms with Crippen LogP contribution in [0.4, 0.5) is 0 Å². The van der Waals surface area contributed by atoms with Gasteiger partial charge in [-0.15, -0.1) is 0 Å². The van der Waals surface area contributed by atoms with E-state index in [9.17, 15) is 4.79 Å². The molecule has 0 saturated carbocycles. The maximum Gasteiger partial charge on any atom is 0.268 e. The van der Waals surface area contributed by atoms with Crippen LogP contribution in [0.15, 0.2) is 40.8 Å². The van der Waals surface area contributed by atoms with E-state index >= 15 is 0 Å². The second-order valence-corrected chi connectivity index (χ2v) is 6.68. The lowest BCUT2D eigenvalue weighted by molar-refractivity contribution is 0.0944. The Labute approximate surface area is 152 Å². The molecule has 0 spiro atoms. The number of furan rings is 1.